The predicted molar refractivity (Wildman–Crippen MR) is 87.9 cm³/mol. The second kappa shape index (κ2) is 7.16. The highest BCUT2D eigenvalue weighted by Gasteiger charge is 2.16. The Kier molecular flexibility index (Phi) is 5.43. The summed E-state index contributed by atoms with van der Waals surface area (Å²) in [6.07, 6.45) is -0.885. The summed E-state index contributed by atoms with van der Waals surface area (Å²) in [6.45, 7) is 1.51. The van der Waals surface area contributed by atoms with Crippen molar-refractivity contribution < 1.29 is 22.3 Å². The van der Waals surface area contributed by atoms with Crippen LogP contribution < -0.4 is 15.2 Å². The predicted octanol–water partition coefficient (Wildman–Crippen LogP) is 2.53. The molecule has 0 radical (unpaired) electrons. The summed E-state index contributed by atoms with van der Waals surface area (Å²) in [4.78, 5) is 12.0. The maximum atomic E-state index is 13.1. The number of benzene rings is 2. The second-order valence-electron chi connectivity index (χ2n) is 4.89. The summed E-state index contributed by atoms with van der Waals surface area (Å²) in [7, 11) is -3.79. The Labute approximate surface area is 143 Å². The number of ether oxygens (including phenoxy) is 1. The molecule has 128 valence electrons. The molecule has 0 bridgehead atoms. The van der Waals surface area contributed by atoms with Crippen LogP contribution in [-0.2, 0) is 14.8 Å². The summed E-state index contributed by atoms with van der Waals surface area (Å²) in [5, 5.41) is 7.44. The molecule has 0 aliphatic rings. The molecule has 2 aromatic carbocycles. The topological polar surface area (TPSA) is 98.5 Å². The van der Waals surface area contributed by atoms with Crippen molar-refractivity contribution >= 4 is 33.2 Å². The van der Waals surface area contributed by atoms with E-state index in [4.69, 9.17) is 21.5 Å². The molecule has 1 amide bonds. The number of hydrogen-bond acceptors (Lipinski definition) is 4. The molecule has 0 saturated carbocycles. The monoisotopic (exact) mass is 372 g/mol. The third-order valence-corrected chi connectivity index (χ3v) is 4.24. The number of carbonyl (C=O) groups is 1. The van der Waals surface area contributed by atoms with Gasteiger partial charge in [-0.1, -0.05) is 11.6 Å². The number of hydrogen-bond donors (Lipinski definition) is 2. The SMILES string of the molecule is C[C@H](Oc1ccc(F)c(Cl)c1)C(=O)Nc1ccc(S(N)(=O)=O)cc1. The number of primary sulfonamides is 1. The smallest absolute Gasteiger partial charge is 0.265 e. The fraction of sp³-hybridized carbons (Fsp3) is 0.133. The molecular weight excluding hydrogens is 359 g/mol. The molecule has 3 N–H and O–H groups in total. The molecule has 0 saturated heterocycles. The molecule has 9 heteroatoms. The average Bonchev–Trinajstić information content (AvgIpc) is 2.50. The molecule has 1 atom stereocenters. The first kappa shape index (κ1) is 18.2. The lowest BCUT2D eigenvalue weighted by atomic mass is 10.3. The molecule has 24 heavy (non-hydrogen) atoms. The molecular formula is C15H14ClFN2O4S. The van der Waals surface area contributed by atoms with Crippen LogP contribution in [0.2, 0.25) is 5.02 Å². The highest BCUT2D eigenvalue weighted by atomic mass is 35.5. The van der Waals surface area contributed by atoms with Crippen molar-refractivity contribution in [1.29, 1.82) is 0 Å². The zero-order chi connectivity index (χ0) is 17.9. The van der Waals surface area contributed by atoms with Crippen molar-refractivity contribution in [3.05, 3.63) is 53.3 Å². The van der Waals surface area contributed by atoms with Crippen LogP contribution in [0.3, 0.4) is 0 Å². The van der Waals surface area contributed by atoms with Crippen molar-refractivity contribution in [2.24, 2.45) is 5.14 Å². The second-order valence-corrected chi connectivity index (χ2v) is 6.86. The number of carbonyl (C=O) groups excluding carboxylic acids is 1. The number of sulfonamides is 1. The molecule has 0 aliphatic heterocycles. The minimum absolute atomic E-state index is 0.0641. The molecule has 0 unspecified atom stereocenters. The highest BCUT2D eigenvalue weighted by molar-refractivity contribution is 7.89. The first-order valence-corrected chi connectivity index (χ1v) is 8.64. The Hall–Kier alpha value is -2.16. The number of halogens is 2. The third-order valence-electron chi connectivity index (χ3n) is 3.02. The largest absolute Gasteiger partial charge is 0.481 e. The van der Waals surface area contributed by atoms with E-state index in [1.807, 2.05) is 0 Å². The van der Waals surface area contributed by atoms with E-state index in [0.717, 1.165) is 6.07 Å². The van der Waals surface area contributed by atoms with Gasteiger partial charge in [0.25, 0.3) is 5.91 Å². The van der Waals surface area contributed by atoms with Gasteiger partial charge in [0.1, 0.15) is 11.6 Å². The molecule has 2 aromatic rings. The van der Waals surface area contributed by atoms with Gasteiger partial charge < -0.3 is 10.1 Å². The van der Waals surface area contributed by atoms with Crippen molar-refractivity contribution in [3.63, 3.8) is 0 Å². The number of amides is 1. The zero-order valence-corrected chi connectivity index (χ0v) is 14.1. The number of anilines is 1. The first-order valence-electron chi connectivity index (χ1n) is 6.72. The van der Waals surface area contributed by atoms with Crippen molar-refractivity contribution in [2.75, 3.05) is 5.32 Å². The Morgan fingerprint density at radius 3 is 2.42 bits per heavy atom. The van der Waals surface area contributed by atoms with Gasteiger partial charge in [0, 0.05) is 11.8 Å². The lowest BCUT2D eigenvalue weighted by Crippen LogP contribution is -2.30. The summed E-state index contributed by atoms with van der Waals surface area (Å²) in [6, 6.07) is 9.10. The van der Waals surface area contributed by atoms with E-state index < -0.39 is 27.9 Å². The maximum Gasteiger partial charge on any atom is 0.265 e. The minimum Gasteiger partial charge on any atom is -0.481 e. The summed E-state index contributed by atoms with van der Waals surface area (Å²) < 4.78 is 40.8. The standard InChI is InChI=1S/C15H14ClFN2O4S/c1-9(23-11-4-7-14(17)13(16)8-11)15(20)19-10-2-5-12(6-3-10)24(18,21)22/h2-9H,1H3,(H,19,20)(H2,18,21,22)/t9-/m0/s1. The molecule has 6 nitrogen and oxygen atoms in total. The van der Waals surface area contributed by atoms with Crippen LogP contribution >= 0.6 is 11.6 Å². The van der Waals surface area contributed by atoms with Gasteiger partial charge in [-0.25, -0.2) is 17.9 Å². The number of rotatable bonds is 5. The average molecular weight is 373 g/mol. The Morgan fingerprint density at radius 2 is 1.88 bits per heavy atom. The van der Waals surface area contributed by atoms with Gasteiger partial charge >= 0.3 is 0 Å². The van der Waals surface area contributed by atoms with Crippen LogP contribution in [0.25, 0.3) is 0 Å². The van der Waals surface area contributed by atoms with Gasteiger partial charge in [-0.2, -0.15) is 0 Å². The maximum absolute atomic E-state index is 13.1. The quantitative estimate of drug-likeness (QED) is 0.842. The lowest BCUT2D eigenvalue weighted by Gasteiger charge is -2.15. The number of nitrogens with two attached hydrogens (primary N) is 1. The third kappa shape index (κ3) is 4.67. The van der Waals surface area contributed by atoms with Crippen LogP contribution in [0.5, 0.6) is 5.75 Å². The van der Waals surface area contributed by atoms with Crippen LogP contribution in [-0.4, -0.2) is 20.4 Å². The minimum atomic E-state index is -3.79. The van der Waals surface area contributed by atoms with Gasteiger partial charge in [-0.15, -0.1) is 0 Å². The van der Waals surface area contributed by atoms with Gasteiger partial charge in [0.05, 0.1) is 9.92 Å². The Balaban J connectivity index is 2.02. The Morgan fingerprint density at radius 1 is 1.25 bits per heavy atom. The van der Waals surface area contributed by atoms with Crippen LogP contribution in [0.4, 0.5) is 10.1 Å². The van der Waals surface area contributed by atoms with E-state index in [0.29, 0.717) is 5.69 Å². The van der Waals surface area contributed by atoms with Gasteiger partial charge in [-0.05, 0) is 43.3 Å². The van der Waals surface area contributed by atoms with Gasteiger partial charge in [0.2, 0.25) is 10.0 Å². The molecule has 0 aliphatic carbocycles. The van der Waals surface area contributed by atoms with E-state index >= 15 is 0 Å². The van der Waals surface area contributed by atoms with E-state index in [1.165, 1.54) is 43.3 Å². The normalized spacial score (nSPS) is 12.5. The van der Waals surface area contributed by atoms with E-state index in [-0.39, 0.29) is 15.7 Å². The van der Waals surface area contributed by atoms with Crippen LogP contribution in [0.1, 0.15) is 6.92 Å². The van der Waals surface area contributed by atoms with Gasteiger partial charge in [-0.3, -0.25) is 4.79 Å². The van der Waals surface area contributed by atoms with Crippen LogP contribution in [0, 0.1) is 5.82 Å². The first-order chi connectivity index (χ1) is 11.2. The molecule has 0 heterocycles. The molecule has 2 rings (SSSR count). The lowest BCUT2D eigenvalue weighted by molar-refractivity contribution is -0.122. The van der Waals surface area contributed by atoms with E-state index in [1.54, 1.807) is 0 Å². The van der Waals surface area contributed by atoms with Crippen molar-refractivity contribution in [1.82, 2.24) is 0 Å². The van der Waals surface area contributed by atoms with Gasteiger partial charge in [0.15, 0.2) is 6.10 Å². The number of nitrogens with one attached hydrogen (secondary N) is 1. The van der Waals surface area contributed by atoms with Crippen molar-refractivity contribution in [2.45, 2.75) is 17.9 Å². The highest BCUT2D eigenvalue weighted by Crippen LogP contribution is 2.22. The zero-order valence-electron chi connectivity index (χ0n) is 12.5. The molecule has 0 spiro atoms. The molecule has 0 aromatic heterocycles. The van der Waals surface area contributed by atoms with Crippen LogP contribution in [0.15, 0.2) is 47.4 Å². The van der Waals surface area contributed by atoms with Crippen molar-refractivity contribution in [3.8, 4) is 5.75 Å². The fourth-order valence-corrected chi connectivity index (χ4v) is 2.47. The van der Waals surface area contributed by atoms with E-state index in [2.05, 4.69) is 5.32 Å². The summed E-state index contributed by atoms with van der Waals surface area (Å²) in [5.41, 5.74) is 0.375. The fourth-order valence-electron chi connectivity index (χ4n) is 1.78. The van der Waals surface area contributed by atoms with E-state index in [9.17, 15) is 17.6 Å². The Bertz CT molecular complexity index is 856. The molecule has 0 fully saturated rings. The summed E-state index contributed by atoms with van der Waals surface area (Å²) >= 11 is 5.64. The summed E-state index contributed by atoms with van der Waals surface area (Å²) in [5.74, 6) is -0.816.